The summed E-state index contributed by atoms with van der Waals surface area (Å²) in [5, 5.41) is 12.8. The highest BCUT2D eigenvalue weighted by Gasteiger charge is 2.11. The van der Waals surface area contributed by atoms with Crippen LogP contribution in [0.15, 0.2) is 40.8 Å². The number of hydrogen-bond acceptors (Lipinski definition) is 4. The predicted molar refractivity (Wildman–Crippen MR) is 73.1 cm³/mol. The first-order valence-electron chi connectivity index (χ1n) is 6.26. The molecule has 19 heavy (non-hydrogen) atoms. The Morgan fingerprint density at radius 3 is 2.79 bits per heavy atom. The summed E-state index contributed by atoms with van der Waals surface area (Å²) in [4.78, 5) is 0. The number of rotatable bonds is 6. The number of aryl methyl sites for hydroxylation is 1. The van der Waals surface area contributed by atoms with Crippen molar-refractivity contribution in [1.82, 2.24) is 5.32 Å². The van der Waals surface area contributed by atoms with Gasteiger partial charge in [0.2, 0.25) is 0 Å². The quantitative estimate of drug-likeness (QED) is 0.838. The monoisotopic (exact) mass is 261 g/mol. The standard InChI is InChI=1S/C15H19NO3/c1-11-6-7-14(19-11)9-16-15(10-17)12-4-3-5-13(8-12)18-2/h3-8,15-17H,9-10H2,1-2H3. The fourth-order valence-corrected chi connectivity index (χ4v) is 1.95. The van der Waals surface area contributed by atoms with Gasteiger partial charge in [-0.15, -0.1) is 0 Å². The van der Waals surface area contributed by atoms with E-state index in [2.05, 4.69) is 5.32 Å². The number of benzene rings is 1. The van der Waals surface area contributed by atoms with Gasteiger partial charge >= 0.3 is 0 Å². The molecule has 4 nitrogen and oxygen atoms in total. The molecular weight excluding hydrogens is 242 g/mol. The Bertz CT molecular complexity index is 522. The lowest BCUT2D eigenvalue weighted by Crippen LogP contribution is -2.23. The van der Waals surface area contributed by atoms with E-state index in [0.717, 1.165) is 22.8 Å². The molecule has 0 aliphatic heterocycles. The topological polar surface area (TPSA) is 54.6 Å². The van der Waals surface area contributed by atoms with E-state index in [4.69, 9.17) is 9.15 Å². The lowest BCUT2D eigenvalue weighted by atomic mass is 10.1. The Morgan fingerprint density at radius 1 is 1.32 bits per heavy atom. The highest BCUT2D eigenvalue weighted by atomic mass is 16.5. The molecule has 1 atom stereocenters. The summed E-state index contributed by atoms with van der Waals surface area (Å²) >= 11 is 0. The van der Waals surface area contributed by atoms with Crippen molar-refractivity contribution in [2.45, 2.75) is 19.5 Å². The van der Waals surface area contributed by atoms with Gasteiger partial charge in [0.15, 0.2) is 0 Å². The van der Waals surface area contributed by atoms with Crippen molar-refractivity contribution >= 4 is 0 Å². The van der Waals surface area contributed by atoms with Gasteiger partial charge in [-0.3, -0.25) is 0 Å². The summed E-state index contributed by atoms with van der Waals surface area (Å²) in [5.74, 6) is 2.53. The van der Waals surface area contributed by atoms with E-state index < -0.39 is 0 Å². The zero-order valence-electron chi connectivity index (χ0n) is 11.2. The molecule has 102 valence electrons. The molecular formula is C15H19NO3. The van der Waals surface area contributed by atoms with E-state index in [1.165, 1.54) is 0 Å². The van der Waals surface area contributed by atoms with Crippen LogP contribution in [0.4, 0.5) is 0 Å². The van der Waals surface area contributed by atoms with Crippen LogP contribution >= 0.6 is 0 Å². The fraction of sp³-hybridized carbons (Fsp3) is 0.333. The van der Waals surface area contributed by atoms with Crippen molar-refractivity contribution in [2.24, 2.45) is 0 Å². The van der Waals surface area contributed by atoms with Crippen LogP contribution in [0.3, 0.4) is 0 Å². The van der Waals surface area contributed by atoms with Gasteiger partial charge in [-0.2, -0.15) is 0 Å². The molecule has 0 radical (unpaired) electrons. The molecule has 0 amide bonds. The molecule has 0 aliphatic rings. The normalized spacial score (nSPS) is 12.4. The Hall–Kier alpha value is -1.78. The lowest BCUT2D eigenvalue weighted by Gasteiger charge is -2.16. The number of furan rings is 1. The fourth-order valence-electron chi connectivity index (χ4n) is 1.95. The summed E-state index contributed by atoms with van der Waals surface area (Å²) in [5.41, 5.74) is 0.991. The number of nitrogens with one attached hydrogen (secondary N) is 1. The van der Waals surface area contributed by atoms with Crippen molar-refractivity contribution in [3.63, 3.8) is 0 Å². The minimum Gasteiger partial charge on any atom is -0.497 e. The highest BCUT2D eigenvalue weighted by Crippen LogP contribution is 2.19. The lowest BCUT2D eigenvalue weighted by molar-refractivity contribution is 0.240. The molecule has 0 saturated heterocycles. The molecule has 1 unspecified atom stereocenters. The number of aliphatic hydroxyl groups excluding tert-OH is 1. The molecule has 2 N–H and O–H groups in total. The molecule has 2 rings (SSSR count). The highest BCUT2D eigenvalue weighted by molar-refractivity contribution is 5.30. The first-order valence-corrected chi connectivity index (χ1v) is 6.26. The van der Waals surface area contributed by atoms with Gasteiger partial charge < -0.3 is 19.6 Å². The van der Waals surface area contributed by atoms with E-state index in [1.54, 1.807) is 7.11 Å². The third kappa shape index (κ3) is 3.59. The Labute approximate surface area is 113 Å². The summed E-state index contributed by atoms with van der Waals surface area (Å²) in [6.07, 6.45) is 0. The number of aliphatic hydroxyl groups is 1. The maximum atomic E-state index is 9.49. The van der Waals surface area contributed by atoms with E-state index in [1.807, 2.05) is 43.3 Å². The van der Waals surface area contributed by atoms with E-state index in [-0.39, 0.29) is 12.6 Å². The zero-order chi connectivity index (χ0) is 13.7. The van der Waals surface area contributed by atoms with Gasteiger partial charge in [0.25, 0.3) is 0 Å². The molecule has 1 heterocycles. The van der Waals surface area contributed by atoms with E-state index in [9.17, 15) is 5.11 Å². The second-order valence-electron chi connectivity index (χ2n) is 4.41. The van der Waals surface area contributed by atoms with Crippen molar-refractivity contribution < 1.29 is 14.3 Å². The molecule has 4 heteroatoms. The summed E-state index contributed by atoms with van der Waals surface area (Å²) in [6.45, 7) is 2.51. The first-order chi connectivity index (χ1) is 9.22. The molecule has 0 spiro atoms. The summed E-state index contributed by atoms with van der Waals surface area (Å²) in [7, 11) is 1.63. The van der Waals surface area contributed by atoms with Crippen LogP contribution in [0.25, 0.3) is 0 Å². The van der Waals surface area contributed by atoms with Crippen molar-refractivity contribution in [2.75, 3.05) is 13.7 Å². The Balaban J connectivity index is 2.02. The first kappa shape index (κ1) is 13.6. The van der Waals surface area contributed by atoms with Gasteiger partial charge in [0.1, 0.15) is 17.3 Å². The molecule has 1 aromatic heterocycles. The number of ether oxygens (including phenoxy) is 1. The zero-order valence-corrected chi connectivity index (χ0v) is 11.2. The van der Waals surface area contributed by atoms with Gasteiger partial charge in [0, 0.05) is 0 Å². The third-order valence-electron chi connectivity index (χ3n) is 3.00. The molecule has 1 aromatic carbocycles. The predicted octanol–water partition coefficient (Wildman–Crippen LogP) is 2.42. The van der Waals surface area contributed by atoms with Crippen molar-refractivity contribution in [1.29, 1.82) is 0 Å². The molecule has 0 fully saturated rings. The second-order valence-corrected chi connectivity index (χ2v) is 4.41. The largest absolute Gasteiger partial charge is 0.497 e. The third-order valence-corrected chi connectivity index (χ3v) is 3.00. The van der Waals surface area contributed by atoms with Crippen LogP contribution in [-0.2, 0) is 6.54 Å². The van der Waals surface area contributed by atoms with Gasteiger partial charge in [-0.25, -0.2) is 0 Å². The average molecular weight is 261 g/mol. The van der Waals surface area contributed by atoms with Gasteiger partial charge in [-0.05, 0) is 36.8 Å². The Kier molecular flexibility index (Phi) is 4.60. The van der Waals surface area contributed by atoms with Crippen LogP contribution in [0.5, 0.6) is 5.75 Å². The molecule has 0 saturated carbocycles. The van der Waals surface area contributed by atoms with Crippen LogP contribution < -0.4 is 10.1 Å². The minimum absolute atomic E-state index is 0.0207. The van der Waals surface area contributed by atoms with Gasteiger partial charge in [0.05, 0.1) is 26.3 Å². The van der Waals surface area contributed by atoms with Crippen molar-refractivity contribution in [3.05, 3.63) is 53.5 Å². The van der Waals surface area contributed by atoms with Crippen LogP contribution in [0.1, 0.15) is 23.1 Å². The summed E-state index contributed by atoms with van der Waals surface area (Å²) in [6, 6.07) is 11.4. The SMILES string of the molecule is COc1cccc(C(CO)NCc2ccc(C)o2)c1. The maximum absolute atomic E-state index is 9.49. The van der Waals surface area contributed by atoms with E-state index in [0.29, 0.717) is 6.54 Å². The average Bonchev–Trinajstić information content (AvgIpc) is 2.85. The Morgan fingerprint density at radius 2 is 2.16 bits per heavy atom. The minimum atomic E-state index is -0.138. The number of hydrogen-bond donors (Lipinski definition) is 2. The maximum Gasteiger partial charge on any atom is 0.119 e. The van der Waals surface area contributed by atoms with Crippen molar-refractivity contribution in [3.8, 4) is 5.75 Å². The molecule has 0 aliphatic carbocycles. The smallest absolute Gasteiger partial charge is 0.119 e. The summed E-state index contributed by atoms with van der Waals surface area (Å²) < 4.78 is 10.7. The van der Waals surface area contributed by atoms with Crippen LogP contribution in [-0.4, -0.2) is 18.8 Å². The van der Waals surface area contributed by atoms with Crippen LogP contribution in [0.2, 0.25) is 0 Å². The molecule has 2 aromatic rings. The van der Waals surface area contributed by atoms with Gasteiger partial charge in [-0.1, -0.05) is 12.1 Å². The molecule has 0 bridgehead atoms. The number of methoxy groups -OCH3 is 1. The van der Waals surface area contributed by atoms with E-state index >= 15 is 0 Å². The van der Waals surface area contributed by atoms with Crippen LogP contribution in [0, 0.1) is 6.92 Å². The second kappa shape index (κ2) is 6.41.